The van der Waals surface area contributed by atoms with Gasteiger partial charge in [-0.3, -0.25) is 4.79 Å². The molecular formula is C30H30O3. The molecule has 0 fully saturated rings. The predicted octanol–water partition coefficient (Wildman–Crippen LogP) is 6.52. The topological polar surface area (TPSA) is 57.5 Å². The smallest absolute Gasteiger partial charge is 0.182 e. The standard InChI is InChI=1S/C30H30O3/c1-7-10-25-21(6)24-11-8-9-12-26(24)30(29(25)33,22-13-17(2)27(31)18(3)14-22)23-15-19(4)28(32)20(5)16-23/h7,9-10,12-16,31-32H,1,6,8,11H2,2-5H3/b25-10+. The van der Waals surface area contributed by atoms with Crippen LogP contribution >= 0.6 is 0 Å². The minimum Gasteiger partial charge on any atom is -0.507 e. The van der Waals surface area contributed by atoms with E-state index in [1.807, 2.05) is 52.0 Å². The van der Waals surface area contributed by atoms with E-state index in [9.17, 15) is 15.0 Å². The quantitative estimate of drug-likeness (QED) is 0.537. The molecule has 0 spiro atoms. The molecule has 0 atom stereocenters. The number of phenols is 2. The number of benzene rings is 2. The summed E-state index contributed by atoms with van der Waals surface area (Å²) in [6.07, 6.45) is 9.22. The number of hydrogen-bond acceptors (Lipinski definition) is 3. The summed E-state index contributed by atoms with van der Waals surface area (Å²) in [5, 5.41) is 21.0. The highest BCUT2D eigenvalue weighted by atomic mass is 16.3. The highest BCUT2D eigenvalue weighted by Gasteiger charge is 2.51. The van der Waals surface area contributed by atoms with Crippen molar-refractivity contribution in [2.75, 3.05) is 0 Å². The molecule has 3 heteroatoms. The maximum atomic E-state index is 14.5. The van der Waals surface area contributed by atoms with Crippen LogP contribution in [0.5, 0.6) is 11.5 Å². The zero-order valence-corrected chi connectivity index (χ0v) is 19.7. The molecule has 0 aromatic heterocycles. The predicted molar refractivity (Wildman–Crippen MR) is 134 cm³/mol. The second kappa shape index (κ2) is 8.08. The lowest BCUT2D eigenvalue weighted by Gasteiger charge is -2.43. The first-order chi connectivity index (χ1) is 15.6. The number of allylic oxidation sites excluding steroid dienone is 8. The highest BCUT2D eigenvalue weighted by molar-refractivity contribution is 6.15. The summed E-state index contributed by atoms with van der Waals surface area (Å²) in [5.41, 5.74) is 6.59. The summed E-state index contributed by atoms with van der Waals surface area (Å²) in [6, 6.07) is 7.63. The van der Waals surface area contributed by atoms with Gasteiger partial charge in [-0.25, -0.2) is 0 Å². The Hall–Kier alpha value is -3.59. The lowest BCUT2D eigenvalue weighted by Crippen LogP contribution is -2.44. The van der Waals surface area contributed by atoms with E-state index < -0.39 is 5.41 Å². The average Bonchev–Trinajstić information content (AvgIpc) is 2.79. The number of carbonyl (C=O) groups excluding carboxylic acids is 1. The van der Waals surface area contributed by atoms with Gasteiger partial charge in [-0.05, 0) is 90.6 Å². The van der Waals surface area contributed by atoms with Crippen LogP contribution in [0.2, 0.25) is 0 Å². The van der Waals surface area contributed by atoms with Crippen molar-refractivity contribution in [1.29, 1.82) is 0 Å². The lowest BCUT2D eigenvalue weighted by atomic mass is 9.57. The molecule has 2 aliphatic rings. The lowest BCUT2D eigenvalue weighted by molar-refractivity contribution is -0.118. The molecule has 4 rings (SSSR count). The average molecular weight is 439 g/mol. The zero-order valence-electron chi connectivity index (χ0n) is 19.7. The number of carbonyl (C=O) groups is 1. The van der Waals surface area contributed by atoms with Crippen LogP contribution in [0, 0.1) is 27.7 Å². The van der Waals surface area contributed by atoms with Gasteiger partial charge in [-0.2, -0.15) is 0 Å². The van der Waals surface area contributed by atoms with Crippen LogP contribution in [0.25, 0.3) is 0 Å². The molecule has 2 aromatic rings. The molecule has 0 unspecified atom stereocenters. The van der Waals surface area contributed by atoms with Gasteiger partial charge >= 0.3 is 0 Å². The van der Waals surface area contributed by atoms with Crippen molar-refractivity contribution in [1.82, 2.24) is 0 Å². The molecule has 0 heterocycles. The third kappa shape index (κ3) is 3.22. The minimum absolute atomic E-state index is 0.0771. The largest absolute Gasteiger partial charge is 0.507 e. The fourth-order valence-electron chi connectivity index (χ4n) is 5.33. The molecule has 168 valence electrons. The summed E-state index contributed by atoms with van der Waals surface area (Å²) in [4.78, 5) is 14.5. The molecule has 0 saturated carbocycles. The van der Waals surface area contributed by atoms with Crippen molar-refractivity contribution in [3.05, 3.63) is 117 Å². The number of Topliss-reactive ketones (excluding diaryl/α,β-unsaturated/α-hetero) is 1. The van der Waals surface area contributed by atoms with Crippen molar-refractivity contribution in [3.8, 4) is 11.5 Å². The van der Waals surface area contributed by atoms with Gasteiger partial charge in [-0.15, -0.1) is 0 Å². The third-order valence-corrected chi connectivity index (χ3v) is 6.98. The molecule has 0 aliphatic heterocycles. The first-order valence-electron chi connectivity index (χ1n) is 11.2. The van der Waals surface area contributed by atoms with Crippen LogP contribution in [-0.2, 0) is 10.2 Å². The fourth-order valence-corrected chi connectivity index (χ4v) is 5.33. The van der Waals surface area contributed by atoms with E-state index in [1.54, 1.807) is 12.2 Å². The Labute approximate surface area is 195 Å². The van der Waals surface area contributed by atoms with Crippen molar-refractivity contribution < 1.29 is 15.0 Å². The Morgan fingerprint density at radius 2 is 1.39 bits per heavy atom. The van der Waals surface area contributed by atoms with Crippen LogP contribution < -0.4 is 0 Å². The summed E-state index contributed by atoms with van der Waals surface area (Å²) in [7, 11) is 0. The number of aromatic hydroxyl groups is 2. The Bertz CT molecular complexity index is 1210. The summed E-state index contributed by atoms with van der Waals surface area (Å²) >= 11 is 0. The normalized spacial score (nSPS) is 18.6. The van der Waals surface area contributed by atoms with Gasteiger partial charge in [0.15, 0.2) is 5.78 Å². The molecule has 0 radical (unpaired) electrons. The monoisotopic (exact) mass is 438 g/mol. The number of phenolic OH excluding ortho intramolecular Hbond substituents is 2. The second-order valence-electron chi connectivity index (χ2n) is 9.12. The minimum atomic E-state index is -1.13. The van der Waals surface area contributed by atoms with Crippen LogP contribution in [0.15, 0.2) is 84.0 Å². The van der Waals surface area contributed by atoms with Gasteiger partial charge in [0.2, 0.25) is 0 Å². The van der Waals surface area contributed by atoms with Crippen LogP contribution in [0.4, 0.5) is 0 Å². The van der Waals surface area contributed by atoms with Crippen LogP contribution in [0.3, 0.4) is 0 Å². The van der Waals surface area contributed by atoms with Gasteiger partial charge in [0.1, 0.15) is 16.9 Å². The highest BCUT2D eigenvalue weighted by Crippen LogP contribution is 2.53. The molecule has 2 N–H and O–H groups in total. The van der Waals surface area contributed by atoms with Gasteiger partial charge in [0, 0.05) is 5.57 Å². The number of hydrogen-bond donors (Lipinski definition) is 2. The molecule has 2 aliphatic carbocycles. The van der Waals surface area contributed by atoms with Crippen LogP contribution in [-0.4, -0.2) is 16.0 Å². The van der Waals surface area contributed by atoms with Crippen molar-refractivity contribution in [2.24, 2.45) is 0 Å². The van der Waals surface area contributed by atoms with Crippen molar-refractivity contribution in [3.63, 3.8) is 0 Å². The van der Waals surface area contributed by atoms with E-state index in [0.29, 0.717) is 27.8 Å². The van der Waals surface area contributed by atoms with E-state index in [2.05, 4.69) is 25.3 Å². The van der Waals surface area contributed by atoms with Gasteiger partial charge in [0.25, 0.3) is 0 Å². The molecule has 3 nitrogen and oxygen atoms in total. The third-order valence-electron chi connectivity index (χ3n) is 6.98. The first-order valence-corrected chi connectivity index (χ1v) is 11.2. The van der Waals surface area contributed by atoms with Crippen molar-refractivity contribution in [2.45, 2.75) is 46.0 Å². The summed E-state index contributed by atoms with van der Waals surface area (Å²) in [5.74, 6) is 0.386. The first kappa shape index (κ1) is 22.6. The summed E-state index contributed by atoms with van der Waals surface area (Å²) in [6.45, 7) is 15.5. The van der Waals surface area contributed by atoms with E-state index in [-0.39, 0.29) is 17.3 Å². The molecular weight excluding hydrogens is 408 g/mol. The molecule has 0 bridgehead atoms. The Kier molecular flexibility index (Phi) is 5.53. The maximum absolute atomic E-state index is 14.5. The Balaban J connectivity index is 2.24. The summed E-state index contributed by atoms with van der Waals surface area (Å²) < 4.78 is 0. The van der Waals surface area contributed by atoms with E-state index in [1.165, 1.54) is 0 Å². The molecule has 0 amide bonds. The van der Waals surface area contributed by atoms with E-state index in [4.69, 9.17) is 0 Å². The van der Waals surface area contributed by atoms with Gasteiger partial charge < -0.3 is 10.2 Å². The maximum Gasteiger partial charge on any atom is 0.182 e. The Morgan fingerprint density at radius 1 is 0.909 bits per heavy atom. The Morgan fingerprint density at radius 3 is 1.85 bits per heavy atom. The zero-order chi connectivity index (χ0) is 24.1. The number of aryl methyl sites for hydroxylation is 4. The van der Waals surface area contributed by atoms with E-state index >= 15 is 0 Å². The fraction of sp³-hybridized carbons (Fsp3) is 0.233. The number of ketones is 1. The molecule has 33 heavy (non-hydrogen) atoms. The second-order valence-corrected chi connectivity index (χ2v) is 9.12. The SMILES string of the molecule is C=C/C=C1\C(=C)C2=C(C=CCC2)C(c2cc(C)c(O)c(C)c2)(c2cc(C)c(O)c(C)c2)C1=O. The molecule has 0 saturated heterocycles. The molecule has 2 aromatic carbocycles. The van der Waals surface area contributed by atoms with Crippen LogP contribution in [0.1, 0.15) is 46.2 Å². The number of rotatable bonds is 3. The van der Waals surface area contributed by atoms with E-state index in [0.717, 1.165) is 40.7 Å². The van der Waals surface area contributed by atoms with Gasteiger partial charge in [0.05, 0.1) is 0 Å². The van der Waals surface area contributed by atoms with Gasteiger partial charge in [-0.1, -0.05) is 61.7 Å². The van der Waals surface area contributed by atoms with Crippen molar-refractivity contribution >= 4 is 5.78 Å².